The molecule has 0 saturated carbocycles. The molecule has 0 aliphatic heterocycles. The van der Waals surface area contributed by atoms with Crippen LogP contribution in [-0.4, -0.2) is 27.0 Å². The van der Waals surface area contributed by atoms with E-state index in [1.165, 1.54) is 0 Å². The van der Waals surface area contributed by atoms with E-state index in [1.807, 2.05) is 0 Å². The van der Waals surface area contributed by atoms with Gasteiger partial charge in [-0.15, -0.1) is 0 Å². The van der Waals surface area contributed by atoms with Gasteiger partial charge in [0, 0.05) is 5.69 Å². The molecule has 0 unspecified atom stereocenters. The van der Waals surface area contributed by atoms with E-state index in [2.05, 4.69) is 17.4 Å². The lowest BCUT2D eigenvalue weighted by Gasteiger charge is -2.08. The predicted molar refractivity (Wildman–Crippen MR) is 73.5 cm³/mol. The summed E-state index contributed by atoms with van der Waals surface area (Å²) in [5.41, 5.74) is 0.552. The van der Waals surface area contributed by atoms with Crippen molar-refractivity contribution in [3.63, 3.8) is 0 Å². The summed E-state index contributed by atoms with van der Waals surface area (Å²) in [6.45, 7) is 0. The molecule has 1 N–H and O–H groups in total. The van der Waals surface area contributed by atoms with Crippen molar-refractivity contribution < 1.29 is 13.2 Å². The number of benzene rings is 1. The maximum atomic E-state index is 11.7. The number of thiol groups is 1. The molecule has 17 heavy (non-hydrogen) atoms. The molecular formula is C11H17NO3S2. The summed E-state index contributed by atoms with van der Waals surface area (Å²) in [7, 11) is -1.69. The van der Waals surface area contributed by atoms with Crippen LogP contribution in [0.15, 0.2) is 24.3 Å². The summed E-state index contributed by atoms with van der Waals surface area (Å²) in [5.74, 6) is 1.53. The fraction of sp³-hybridized carbons (Fsp3) is 0.455. The zero-order valence-electron chi connectivity index (χ0n) is 9.72. The van der Waals surface area contributed by atoms with Crippen molar-refractivity contribution in [1.82, 2.24) is 0 Å². The standard InChI is InChI=1S/C11H17NO3S2/c1-15-11-6-4-10(5-7-11)12-17(13,14)9-3-2-8-16/h4-7,12,16H,2-3,8-9H2,1H3. The van der Waals surface area contributed by atoms with Crippen LogP contribution >= 0.6 is 12.6 Å². The molecule has 1 aromatic rings. The van der Waals surface area contributed by atoms with Gasteiger partial charge < -0.3 is 4.74 Å². The first-order valence-electron chi connectivity index (χ1n) is 5.33. The van der Waals surface area contributed by atoms with Crippen molar-refractivity contribution in [3.8, 4) is 5.75 Å². The number of sulfonamides is 1. The minimum Gasteiger partial charge on any atom is -0.497 e. The molecule has 6 heteroatoms. The number of nitrogens with one attached hydrogen (secondary N) is 1. The van der Waals surface area contributed by atoms with E-state index in [9.17, 15) is 8.42 Å². The molecule has 0 aromatic heterocycles. The average Bonchev–Trinajstić information content (AvgIpc) is 2.30. The number of unbranched alkanes of at least 4 members (excludes halogenated alkanes) is 1. The summed E-state index contributed by atoms with van der Waals surface area (Å²) in [6, 6.07) is 6.78. The number of ether oxygens (including phenoxy) is 1. The summed E-state index contributed by atoms with van der Waals surface area (Å²) in [4.78, 5) is 0. The lowest BCUT2D eigenvalue weighted by Crippen LogP contribution is -2.16. The first-order chi connectivity index (χ1) is 8.07. The van der Waals surface area contributed by atoms with E-state index in [1.54, 1.807) is 31.4 Å². The average molecular weight is 275 g/mol. The van der Waals surface area contributed by atoms with Crippen LogP contribution in [0.3, 0.4) is 0 Å². The molecule has 0 fully saturated rings. The molecule has 0 atom stereocenters. The highest BCUT2D eigenvalue weighted by Crippen LogP contribution is 2.16. The number of anilines is 1. The number of methoxy groups -OCH3 is 1. The first kappa shape index (κ1) is 14.2. The molecule has 0 saturated heterocycles. The Morgan fingerprint density at radius 2 is 1.88 bits per heavy atom. The number of hydrogen-bond acceptors (Lipinski definition) is 4. The van der Waals surface area contributed by atoms with Gasteiger partial charge in [-0.3, -0.25) is 4.72 Å². The zero-order valence-corrected chi connectivity index (χ0v) is 11.4. The van der Waals surface area contributed by atoms with Gasteiger partial charge in [0.25, 0.3) is 0 Å². The van der Waals surface area contributed by atoms with Crippen LogP contribution in [0, 0.1) is 0 Å². The Balaban J connectivity index is 2.56. The highest BCUT2D eigenvalue weighted by atomic mass is 32.2. The van der Waals surface area contributed by atoms with Gasteiger partial charge in [-0.2, -0.15) is 12.6 Å². The third kappa shape index (κ3) is 5.32. The van der Waals surface area contributed by atoms with E-state index >= 15 is 0 Å². The third-order valence-corrected chi connectivity index (χ3v) is 3.87. The Bertz CT molecular complexity index is 429. The molecular weight excluding hydrogens is 258 g/mol. The van der Waals surface area contributed by atoms with Gasteiger partial charge >= 0.3 is 0 Å². The van der Waals surface area contributed by atoms with E-state index < -0.39 is 10.0 Å². The molecule has 0 spiro atoms. The van der Waals surface area contributed by atoms with E-state index in [4.69, 9.17) is 4.74 Å². The van der Waals surface area contributed by atoms with Gasteiger partial charge in [-0.25, -0.2) is 8.42 Å². The highest BCUT2D eigenvalue weighted by Gasteiger charge is 2.09. The van der Waals surface area contributed by atoms with Gasteiger partial charge in [0.2, 0.25) is 10.0 Å². The molecule has 0 bridgehead atoms. The lowest BCUT2D eigenvalue weighted by molar-refractivity contribution is 0.415. The van der Waals surface area contributed by atoms with Crippen LogP contribution < -0.4 is 9.46 Å². The Morgan fingerprint density at radius 1 is 1.24 bits per heavy atom. The maximum Gasteiger partial charge on any atom is 0.232 e. The Kier molecular flexibility index (Phi) is 5.64. The molecule has 0 amide bonds. The van der Waals surface area contributed by atoms with Gasteiger partial charge in [0.1, 0.15) is 5.75 Å². The van der Waals surface area contributed by atoms with Crippen molar-refractivity contribution in [2.75, 3.05) is 23.3 Å². The SMILES string of the molecule is COc1ccc(NS(=O)(=O)CCCCS)cc1. The monoisotopic (exact) mass is 275 g/mol. The predicted octanol–water partition coefficient (Wildman–Crippen LogP) is 2.15. The Hall–Kier alpha value is -0.880. The van der Waals surface area contributed by atoms with Gasteiger partial charge in [-0.1, -0.05) is 0 Å². The second-order valence-electron chi connectivity index (χ2n) is 3.58. The summed E-state index contributed by atoms with van der Waals surface area (Å²) >= 11 is 4.04. The summed E-state index contributed by atoms with van der Waals surface area (Å²) < 4.78 is 30.8. The van der Waals surface area contributed by atoms with Crippen LogP contribution in [0.2, 0.25) is 0 Å². The van der Waals surface area contributed by atoms with Gasteiger partial charge in [-0.05, 0) is 42.9 Å². The molecule has 96 valence electrons. The summed E-state index contributed by atoms with van der Waals surface area (Å²) in [6.07, 6.45) is 1.42. The van der Waals surface area contributed by atoms with Crippen LogP contribution in [0.5, 0.6) is 5.75 Å². The first-order valence-corrected chi connectivity index (χ1v) is 7.61. The highest BCUT2D eigenvalue weighted by molar-refractivity contribution is 7.92. The van der Waals surface area contributed by atoms with Crippen molar-refractivity contribution in [2.24, 2.45) is 0 Å². The van der Waals surface area contributed by atoms with Crippen molar-refractivity contribution in [3.05, 3.63) is 24.3 Å². The van der Waals surface area contributed by atoms with Crippen LogP contribution in [-0.2, 0) is 10.0 Å². The minimum absolute atomic E-state index is 0.125. The topological polar surface area (TPSA) is 55.4 Å². The van der Waals surface area contributed by atoms with Crippen LogP contribution in [0.4, 0.5) is 5.69 Å². The zero-order chi connectivity index (χ0) is 12.7. The van der Waals surface area contributed by atoms with E-state index in [0.717, 1.165) is 6.42 Å². The fourth-order valence-corrected chi connectivity index (χ4v) is 2.70. The fourth-order valence-electron chi connectivity index (χ4n) is 1.29. The maximum absolute atomic E-state index is 11.7. The second kappa shape index (κ2) is 6.76. The summed E-state index contributed by atoms with van der Waals surface area (Å²) in [5, 5.41) is 0. The molecule has 1 aromatic carbocycles. The molecule has 0 heterocycles. The van der Waals surface area contributed by atoms with Crippen molar-refractivity contribution >= 4 is 28.3 Å². The Labute approximate surface area is 108 Å². The number of rotatable bonds is 7. The molecule has 0 aliphatic rings. The van der Waals surface area contributed by atoms with Gasteiger partial charge in [0.15, 0.2) is 0 Å². The minimum atomic E-state index is -3.25. The Morgan fingerprint density at radius 3 is 2.41 bits per heavy atom. The third-order valence-electron chi connectivity index (χ3n) is 2.18. The van der Waals surface area contributed by atoms with Gasteiger partial charge in [0.05, 0.1) is 12.9 Å². The molecule has 0 aliphatic carbocycles. The lowest BCUT2D eigenvalue weighted by atomic mass is 10.3. The molecule has 1 rings (SSSR count). The smallest absolute Gasteiger partial charge is 0.232 e. The second-order valence-corrected chi connectivity index (χ2v) is 5.87. The molecule has 4 nitrogen and oxygen atoms in total. The van der Waals surface area contributed by atoms with E-state index in [-0.39, 0.29) is 5.75 Å². The quantitative estimate of drug-likeness (QED) is 0.592. The normalized spacial score (nSPS) is 11.2. The van der Waals surface area contributed by atoms with Crippen molar-refractivity contribution in [1.29, 1.82) is 0 Å². The van der Waals surface area contributed by atoms with Crippen molar-refractivity contribution in [2.45, 2.75) is 12.8 Å². The van der Waals surface area contributed by atoms with Crippen LogP contribution in [0.1, 0.15) is 12.8 Å². The number of hydrogen-bond donors (Lipinski definition) is 2. The molecule has 0 radical (unpaired) electrons. The largest absolute Gasteiger partial charge is 0.497 e. The van der Waals surface area contributed by atoms with E-state index in [0.29, 0.717) is 23.6 Å². The van der Waals surface area contributed by atoms with Crippen LogP contribution in [0.25, 0.3) is 0 Å².